The number of ether oxygens (including phenoxy) is 3. The van der Waals surface area contributed by atoms with Crippen LogP contribution >= 0.6 is 0 Å². The van der Waals surface area contributed by atoms with Crippen molar-refractivity contribution in [3.05, 3.63) is 42.5 Å². The molecule has 1 unspecified atom stereocenters. The molecular formula is C13H12O5. The summed E-state index contributed by atoms with van der Waals surface area (Å²) in [5.74, 6) is -1.01. The lowest BCUT2D eigenvalue weighted by Crippen LogP contribution is -2.13. The lowest BCUT2D eigenvalue weighted by Gasteiger charge is -2.08. The third-order valence-corrected chi connectivity index (χ3v) is 2.29. The first kappa shape index (κ1) is 12.3. The molecule has 0 aromatic heterocycles. The highest BCUT2D eigenvalue weighted by molar-refractivity contribution is 5.94. The van der Waals surface area contributed by atoms with Crippen molar-refractivity contribution in [1.82, 2.24) is 0 Å². The Kier molecular flexibility index (Phi) is 3.74. The lowest BCUT2D eigenvalue weighted by molar-refractivity contribution is -0.128. The van der Waals surface area contributed by atoms with Crippen LogP contribution in [0.4, 0.5) is 0 Å². The molecule has 0 saturated carbocycles. The molecule has 2 rings (SSSR count). The zero-order valence-corrected chi connectivity index (χ0v) is 9.63. The van der Waals surface area contributed by atoms with Crippen molar-refractivity contribution < 1.29 is 23.8 Å². The number of carbonyl (C=O) groups is 2. The van der Waals surface area contributed by atoms with E-state index in [0.717, 1.165) is 6.08 Å². The van der Waals surface area contributed by atoms with Crippen LogP contribution in [-0.2, 0) is 14.3 Å². The average molecular weight is 248 g/mol. The van der Waals surface area contributed by atoms with Crippen LogP contribution in [0.25, 0.3) is 0 Å². The van der Waals surface area contributed by atoms with Gasteiger partial charge in [0.1, 0.15) is 24.0 Å². The first-order valence-corrected chi connectivity index (χ1v) is 5.42. The fraction of sp³-hybridized carbons (Fsp3) is 0.231. The van der Waals surface area contributed by atoms with Gasteiger partial charge in [0.25, 0.3) is 0 Å². The second-order valence-electron chi connectivity index (χ2n) is 3.68. The Hall–Kier alpha value is -2.14. The number of para-hydroxylation sites is 1. The molecule has 0 amide bonds. The summed E-state index contributed by atoms with van der Waals surface area (Å²) in [5.41, 5.74) is 0.202. The number of epoxide rings is 1. The third kappa shape index (κ3) is 3.18. The molecule has 94 valence electrons. The van der Waals surface area contributed by atoms with E-state index in [-0.39, 0.29) is 24.0 Å². The van der Waals surface area contributed by atoms with Gasteiger partial charge in [0.05, 0.1) is 6.61 Å². The van der Waals surface area contributed by atoms with Gasteiger partial charge in [-0.1, -0.05) is 18.7 Å². The van der Waals surface area contributed by atoms with Crippen molar-refractivity contribution in [3.8, 4) is 5.75 Å². The maximum Gasteiger partial charge on any atom is 0.342 e. The van der Waals surface area contributed by atoms with Gasteiger partial charge in [-0.05, 0) is 12.1 Å². The minimum atomic E-state index is -0.624. The van der Waals surface area contributed by atoms with Crippen LogP contribution < -0.4 is 4.74 Å². The van der Waals surface area contributed by atoms with Gasteiger partial charge >= 0.3 is 11.9 Å². The molecule has 0 bridgehead atoms. The Labute approximate surface area is 104 Å². The summed E-state index contributed by atoms with van der Waals surface area (Å²) in [6, 6.07) is 6.37. The molecular weight excluding hydrogens is 236 g/mol. The molecule has 1 atom stereocenters. The Morgan fingerprint density at radius 1 is 1.44 bits per heavy atom. The molecule has 1 saturated heterocycles. The average Bonchev–Trinajstić information content (AvgIpc) is 3.20. The highest BCUT2D eigenvalue weighted by atomic mass is 16.6. The second-order valence-corrected chi connectivity index (χ2v) is 3.68. The predicted molar refractivity (Wildman–Crippen MR) is 62.3 cm³/mol. The summed E-state index contributed by atoms with van der Waals surface area (Å²) in [6.45, 7) is 4.11. The number of hydrogen-bond donors (Lipinski definition) is 0. The van der Waals surface area contributed by atoms with Crippen molar-refractivity contribution in [3.63, 3.8) is 0 Å². The van der Waals surface area contributed by atoms with E-state index in [4.69, 9.17) is 14.2 Å². The summed E-state index contributed by atoms with van der Waals surface area (Å²) >= 11 is 0. The molecule has 0 aliphatic carbocycles. The van der Waals surface area contributed by atoms with Gasteiger partial charge in [0, 0.05) is 6.08 Å². The first-order valence-electron chi connectivity index (χ1n) is 5.42. The highest BCUT2D eigenvalue weighted by Crippen LogP contribution is 2.20. The molecule has 5 nitrogen and oxygen atoms in total. The number of carbonyl (C=O) groups excluding carboxylic acids is 2. The van der Waals surface area contributed by atoms with E-state index in [0.29, 0.717) is 6.61 Å². The molecule has 1 fully saturated rings. The summed E-state index contributed by atoms with van der Waals surface area (Å²) < 4.78 is 14.9. The van der Waals surface area contributed by atoms with E-state index in [1.54, 1.807) is 12.1 Å². The zero-order valence-electron chi connectivity index (χ0n) is 9.63. The molecule has 1 heterocycles. The predicted octanol–water partition coefficient (Wildman–Crippen LogP) is 1.33. The van der Waals surface area contributed by atoms with Gasteiger partial charge in [-0.25, -0.2) is 9.59 Å². The van der Waals surface area contributed by atoms with Crippen LogP contribution in [0.2, 0.25) is 0 Å². The first-order chi connectivity index (χ1) is 8.70. The van der Waals surface area contributed by atoms with Crippen molar-refractivity contribution in [2.24, 2.45) is 0 Å². The van der Waals surface area contributed by atoms with Gasteiger partial charge in [-0.2, -0.15) is 0 Å². The van der Waals surface area contributed by atoms with E-state index in [1.165, 1.54) is 12.1 Å². The van der Waals surface area contributed by atoms with E-state index < -0.39 is 11.9 Å². The van der Waals surface area contributed by atoms with Gasteiger partial charge in [-0.15, -0.1) is 0 Å². The Bertz CT molecular complexity index is 476. The van der Waals surface area contributed by atoms with Crippen LogP contribution in [0.15, 0.2) is 36.9 Å². The van der Waals surface area contributed by atoms with E-state index in [9.17, 15) is 9.59 Å². The van der Waals surface area contributed by atoms with Crippen molar-refractivity contribution in [1.29, 1.82) is 0 Å². The van der Waals surface area contributed by atoms with Crippen molar-refractivity contribution in [2.45, 2.75) is 6.10 Å². The monoisotopic (exact) mass is 248 g/mol. The fourth-order valence-electron chi connectivity index (χ4n) is 1.28. The minimum absolute atomic E-state index is 0.00293. The summed E-state index contributed by atoms with van der Waals surface area (Å²) in [4.78, 5) is 22.9. The number of esters is 2. The SMILES string of the molecule is C=CC(=O)Oc1ccccc1C(=O)OCC1CO1. The molecule has 1 aliphatic heterocycles. The third-order valence-electron chi connectivity index (χ3n) is 2.29. The summed E-state index contributed by atoms with van der Waals surface area (Å²) in [7, 11) is 0. The van der Waals surface area contributed by atoms with Gasteiger partial charge < -0.3 is 14.2 Å². The molecule has 0 radical (unpaired) electrons. The van der Waals surface area contributed by atoms with Gasteiger partial charge in [0.2, 0.25) is 0 Å². The highest BCUT2D eigenvalue weighted by Gasteiger charge is 2.25. The molecule has 0 N–H and O–H groups in total. The van der Waals surface area contributed by atoms with E-state index in [1.807, 2.05) is 0 Å². The normalized spacial score (nSPS) is 16.8. The number of rotatable bonds is 5. The molecule has 0 spiro atoms. The van der Waals surface area contributed by atoms with Gasteiger partial charge in [0.15, 0.2) is 0 Å². The molecule has 1 aromatic carbocycles. The molecule has 1 aliphatic rings. The smallest absolute Gasteiger partial charge is 0.342 e. The van der Waals surface area contributed by atoms with Crippen molar-refractivity contribution >= 4 is 11.9 Å². The van der Waals surface area contributed by atoms with Gasteiger partial charge in [-0.3, -0.25) is 0 Å². The Balaban J connectivity index is 2.07. The van der Waals surface area contributed by atoms with E-state index in [2.05, 4.69) is 6.58 Å². The van der Waals surface area contributed by atoms with E-state index >= 15 is 0 Å². The Morgan fingerprint density at radius 3 is 2.83 bits per heavy atom. The standard InChI is InChI=1S/C13H12O5/c1-2-12(14)18-11-6-4-3-5-10(11)13(15)17-8-9-7-16-9/h2-6,9H,1,7-8H2. The summed E-state index contributed by atoms with van der Waals surface area (Å²) in [5, 5.41) is 0. The Morgan fingerprint density at radius 2 is 2.17 bits per heavy atom. The quantitative estimate of drug-likeness (QED) is 0.340. The molecule has 18 heavy (non-hydrogen) atoms. The summed E-state index contributed by atoms with van der Waals surface area (Å²) in [6.07, 6.45) is 1.02. The maximum atomic E-state index is 11.8. The van der Waals surface area contributed by atoms with Crippen LogP contribution in [0, 0.1) is 0 Å². The molecule has 1 aromatic rings. The number of hydrogen-bond acceptors (Lipinski definition) is 5. The van der Waals surface area contributed by atoms with Crippen LogP contribution in [0.3, 0.4) is 0 Å². The topological polar surface area (TPSA) is 65.1 Å². The minimum Gasteiger partial charge on any atom is -0.459 e. The zero-order chi connectivity index (χ0) is 13.0. The number of benzene rings is 1. The van der Waals surface area contributed by atoms with Crippen LogP contribution in [-0.4, -0.2) is 31.3 Å². The van der Waals surface area contributed by atoms with Crippen LogP contribution in [0.5, 0.6) is 5.75 Å². The lowest BCUT2D eigenvalue weighted by atomic mass is 10.2. The maximum absolute atomic E-state index is 11.8. The molecule has 5 heteroatoms. The van der Waals surface area contributed by atoms with Crippen molar-refractivity contribution in [2.75, 3.05) is 13.2 Å². The second kappa shape index (κ2) is 5.46. The van der Waals surface area contributed by atoms with Crippen LogP contribution in [0.1, 0.15) is 10.4 Å². The largest absolute Gasteiger partial charge is 0.459 e. The fourth-order valence-corrected chi connectivity index (χ4v) is 1.28.